The quantitative estimate of drug-likeness (QED) is 0.746. The standard InChI is InChI=1S/C19H19NO/c21-19(14-20-13-15-6-2-1-3-7-15)18-11-10-16-8-4-5-9-17(16)12-18/h1-12,19-21H,13-14H2/t19-/m0/s1. The van der Waals surface area contributed by atoms with Gasteiger partial charge in [-0.3, -0.25) is 0 Å². The Morgan fingerprint density at radius 2 is 1.52 bits per heavy atom. The van der Waals surface area contributed by atoms with Crippen LogP contribution in [-0.4, -0.2) is 11.7 Å². The number of hydrogen-bond donors (Lipinski definition) is 2. The molecule has 0 saturated heterocycles. The molecule has 0 aliphatic carbocycles. The van der Waals surface area contributed by atoms with Gasteiger partial charge in [0.1, 0.15) is 0 Å². The van der Waals surface area contributed by atoms with E-state index in [1.165, 1.54) is 10.9 Å². The fourth-order valence-electron chi connectivity index (χ4n) is 2.48. The van der Waals surface area contributed by atoms with Crippen molar-refractivity contribution in [2.75, 3.05) is 6.54 Å². The molecule has 0 aliphatic heterocycles. The summed E-state index contributed by atoms with van der Waals surface area (Å²) in [6.07, 6.45) is -0.488. The number of rotatable bonds is 5. The topological polar surface area (TPSA) is 32.3 Å². The van der Waals surface area contributed by atoms with E-state index in [-0.39, 0.29) is 0 Å². The maximum Gasteiger partial charge on any atom is 0.0914 e. The molecule has 0 spiro atoms. The monoisotopic (exact) mass is 277 g/mol. The van der Waals surface area contributed by atoms with Crippen LogP contribution in [0.15, 0.2) is 72.8 Å². The molecular weight excluding hydrogens is 258 g/mol. The second-order valence-electron chi connectivity index (χ2n) is 5.24. The van der Waals surface area contributed by atoms with E-state index in [4.69, 9.17) is 0 Å². The smallest absolute Gasteiger partial charge is 0.0914 e. The summed E-state index contributed by atoms with van der Waals surface area (Å²) in [7, 11) is 0. The lowest BCUT2D eigenvalue weighted by atomic mass is 10.0. The van der Waals surface area contributed by atoms with Crippen molar-refractivity contribution in [1.29, 1.82) is 0 Å². The van der Waals surface area contributed by atoms with E-state index in [0.29, 0.717) is 6.54 Å². The van der Waals surface area contributed by atoms with Crippen LogP contribution >= 0.6 is 0 Å². The van der Waals surface area contributed by atoms with Gasteiger partial charge in [-0.25, -0.2) is 0 Å². The summed E-state index contributed by atoms with van der Waals surface area (Å²) < 4.78 is 0. The van der Waals surface area contributed by atoms with Gasteiger partial charge in [-0.15, -0.1) is 0 Å². The van der Waals surface area contributed by atoms with E-state index in [9.17, 15) is 5.11 Å². The van der Waals surface area contributed by atoms with Gasteiger partial charge in [0, 0.05) is 13.1 Å². The minimum atomic E-state index is -0.488. The molecular formula is C19H19NO. The first-order valence-corrected chi connectivity index (χ1v) is 7.24. The fourth-order valence-corrected chi connectivity index (χ4v) is 2.48. The summed E-state index contributed by atoms with van der Waals surface area (Å²) in [5.41, 5.74) is 2.18. The van der Waals surface area contributed by atoms with Crippen molar-refractivity contribution in [2.45, 2.75) is 12.6 Å². The lowest BCUT2D eigenvalue weighted by molar-refractivity contribution is 0.174. The first-order valence-electron chi connectivity index (χ1n) is 7.24. The van der Waals surface area contributed by atoms with Crippen LogP contribution in [0.1, 0.15) is 17.2 Å². The van der Waals surface area contributed by atoms with E-state index >= 15 is 0 Å². The lowest BCUT2D eigenvalue weighted by Gasteiger charge is -2.13. The molecule has 0 aromatic heterocycles. The second-order valence-corrected chi connectivity index (χ2v) is 5.24. The number of hydrogen-bond acceptors (Lipinski definition) is 2. The van der Waals surface area contributed by atoms with Crippen molar-refractivity contribution >= 4 is 10.8 Å². The molecule has 0 radical (unpaired) electrons. The zero-order chi connectivity index (χ0) is 14.5. The van der Waals surface area contributed by atoms with Gasteiger partial charge >= 0.3 is 0 Å². The Hall–Kier alpha value is -2.16. The summed E-state index contributed by atoms with van der Waals surface area (Å²) in [5, 5.41) is 16.0. The normalized spacial score (nSPS) is 12.4. The van der Waals surface area contributed by atoms with Crippen molar-refractivity contribution in [3.8, 4) is 0 Å². The number of fused-ring (bicyclic) bond motifs is 1. The first kappa shape index (κ1) is 13.8. The highest BCUT2D eigenvalue weighted by Gasteiger charge is 2.07. The molecule has 0 amide bonds. The van der Waals surface area contributed by atoms with E-state index in [1.807, 2.05) is 36.4 Å². The molecule has 0 aliphatic rings. The summed E-state index contributed by atoms with van der Waals surface area (Å²) in [6, 6.07) is 24.5. The zero-order valence-corrected chi connectivity index (χ0v) is 11.9. The van der Waals surface area contributed by atoms with Crippen LogP contribution < -0.4 is 5.32 Å². The largest absolute Gasteiger partial charge is 0.387 e. The molecule has 21 heavy (non-hydrogen) atoms. The zero-order valence-electron chi connectivity index (χ0n) is 11.9. The molecule has 106 valence electrons. The summed E-state index contributed by atoms with van der Waals surface area (Å²) in [5.74, 6) is 0. The van der Waals surface area contributed by atoms with Gasteiger partial charge in [0.2, 0.25) is 0 Å². The molecule has 3 aromatic carbocycles. The Kier molecular flexibility index (Phi) is 4.29. The first-order chi connectivity index (χ1) is 10.3. The Morgan fingerprint density at radius 3 is 2.33 bits per heavy atom. The minimum absolute atomic E-state index is 0.488. The SMILES string of the molecule is O[C@@H](CNCc1ccccc1)c1ccc2ccccc2c1. The second kappa shape index (κ2) is 6.53. The van der Waals surface area contributed by atoms with Crippen molar-refractivity contribution in [1.82, 2.24) is 5.32 Å². The average molecular weight is 277 g/mol. The van der Waals surface area contributed by atoms with Crippen LogP contribution in [0.5, 0.6) is 0 Å². The highest BCUT2D eigenvalue weighted by Crippen LogP contribution is 2.20. The highest BCUT2D eigenvalue weighted by atomic mass is 16.3. The van der Waals surface area contributed by atoms with Crippen LogP contribution in [0.3, 0.4) is 0 Å². The average Bonchev–Trinajstić information content (AvgIpc) is 2.55. The van der Waals surface area contributed by atoms with Crippen LogP contribution in [0, 0.1) is 0 Å². The molecule has 0 saturated carbocycles. The van der Waals surface area contributed by atoms with Gasteiger partial charge in [-0.2, -0.15) is 0 Å². The van der Waals surface area contributed by atoms with Gasteiger partial charge in [0.05, 0.1) is 6.10 Å². The minimum Gasteiger partial charge on any atom is -0.387 e. The Labute approximate surface area is 125 Å². The van der Waals surface area contributed by atoms with E-state index in [0.717, 1.165) is 17.5 Å². The van der Waals surface area contributed by atoms with Gasteiger partial charge in [-0.1, -0.05) is 66.7 Å². The van der Waals surface area contributed by atoms with Crippen LogP contribution in [-0.2, 0) is 6.54 Å². The summed E-state index contributed by atoms with van der Waals surface area (Å²) in [4.78, 5) is 0. The molecule has 0 unspecified atom stereocenters. The molecule has 1 atom stereocenters. The Morgan fingerprint density at radius 1 is 0.810 bits per heavy atom. The number of benzene rings is 3. The van der Waals surface area contributed by atoms with Crippen molar-refractivity contribution in [2.24, 2.45) is 0 Å². The third-order valence-electron chi connectivity index (χ3n) is 3.67. The van der Waals surface area contributed by atoms with Crippen LogP contribution in [0.2, 0.25) is 0 Å². The third kappa shape index (κ3) is 3.48. The maximum absolute atomic E-state index is 10.3. The molecule has 2 nitrogen and oxygen atoms in total. The predicted molar refractivity (Wildman–Crippen MR) is 87.1 cm³/mol. The number of nitrogens with one attached hydrogen (secondary N) is 1. The number of aliphatic hydroxyl groups excluding tert-OH is 1. The summed E-state index contributed by atoms with van der Waals surface area (Å²) in [6.45, 7) is 1.32. The van der Waals surface area contributed by atoms with Gasteiger partial charge < -0.3 is 10.4 Å². The molecule has 2 heteroatoms. The van der Waals surface area contributed by atoms with Crippen molar-refractivity contribution in [3.63, 3.8) is 0 Å². The fraction of sp³-hybridized carbons (Fsp3) is 0.158. The number of aliphatic hydroxyl groups is 1. The summed E-state index contributed by atoms with van der Waals surface area (Å²) >= 11 is 0. The van der Waals surface area contributed by atoms with Gasteiger partial charge in [0.15, 0.2) is 0 Å². The molecule has 3 rings (SSSR count). The molecule has 2 N–H and O–H groups in total. The van der Waals surface area contributed by atoms with E-state index in [2.05, 4.69) is 41.7 Å². The molecule has 0 fully saturated rings. The third-order valence-corrected chi connectivity index (χ3v) is 3.67. The predicted octanol–water partition coefficient (Wildman–Crippen LogP) is 3.66. The van der Waals surface area contributed by atoms with Crippen molar-refractivity contribution in [3.05, 3.63) is 83.9 Å². The maximum atomic E-state index is 10.3. The van der Waals surface area contributed by atoms with E-state index in [1.54, 1.807) is 0 Å². The molecule has 0 heterocycles. The Balaban J connectivity index is 1.62. The lowest BCUT2D eigenvalue weighted by Crippen LogP contribution is -2.21. The highest BCUT2D eigenvalue weighted by molar-refractivity contribution is 5.83. The van der Waals surface area contributed by atoms with Gasteiger partial charge in [-0.05, 0) is 28.0 Å². The molecule has 0 bridgehead atoms. The van der Waals surface area contributed by atoms with Crippen LogP contribution in [0.25, 0.3) is 10.8 Å². The van der Waals surface area contributed by atoms with E-state index < -0.39 is 6.10 Å². The Bertz CT molecular complexity index is 709. The van der Waals surface area contributed by atoms with Crippen LogP contribution in [0.4, 0.5) is 0 Å². The molecule has 3 aromatic rings. The van der Waals surface area contributed by atoms with Gasteiger partial charge in [0.25, 0.3) is 0 Å². The van der Waals surface area contributed by atoms with Crippen molar-refractivity contribution < 1.29 is 5.11 Å².